The lowest BCUT2D eigenvalue weighted by atomic mass is 10.2. The molecule has 2 rings (SSSR count). The first kappa shape index (κ1) is 18.4. The summed E-state index contributed by atoms with van der Waals surface area (Å²) >= 11 is 0. The number of aromatic nitrogens is 1. The number of carbonyl (C=O) groups excluding carboxylic acids is 2. The van der Waals surface area contributed by atoms with E-state index in [9.17, 15) is 9.59 Å². The molecule has 0 saturated heterocycles. The van der Waals surface area contributed by atoms with Gasteiger partial charge >= 0.3 is 0 Å². The molecule has 2 amide bonds. The van der Waals surface area contributed by atoms with Crippen LogP contribution in [0.1, 0.15) is 40.6 Å². The number of ether oxygens (including phenoxy) is 1. The summed E-state index contributed by atoms with van der Waals surface area (Å²) < 4.78 is 5.14. The third kappa shape index (κ3) is 5.04. The van der Waals surface area contributed by atoms with Crippen molar-refractivity contribution in [3.63, 3.8) is 0 Å². The minimum atomic E-state index is -0.305. The van der Waals surface area contributed by atoms with E-state index in [2.05, 4.69) is 17.2 Å². The van der Waals surface area contributed by atoms with Gasteiger partial charge in [0.1, 0.15) is 11.4 Å². The first-order valence-corrected chi connectivity index (χ1v) is 8.22. The summed E-state index contributed by atoms with van der Waals surface area (Å²) in [6.45, 7) is 2.73. The van der Waals surface area contributed by atoms with Crippen molar-refractivity contribution >= 4 is 17.5 Å². The minimum absolute atomic E-state index is 0.190. The van der Waals surface area contributed by atoms with Crippen LogP contribution >= 0.6 is 0 Å². The van der Waals surface area contributed by atoms with Crippen LogP contribution in [-0.4, -0.2) is 42.4 Å². The fourth-order valence-corrected chi connectivity index (χ4v) is 2.29. The van der Waals surface area contributed by atoms with Gasteiger partial charge in [-0.05, 0) is 30.7 Å². The first-order valence-electron chi connectivity index (χ1n) is 8.22. The van der Waals surface area contributed by atoms with Crippen LogP contribution < -0.4 is 10.1 Å². The summed E-state index contributed by atoms with van der Waals surface area (Å²) in [7, 11) is 3.30. The van der Waals surface area contributed by atoms with Crippen molar-refractivity contribution in [3.05, 3.63) is 53.9 Å². The molecule has 25 heavy (non-hydrogen) atoms. The van der Waals surface area contributed by atoms with Crippen LogP contribution in [0.3, 0.4) is 0 Å². The molecule has 0 spiro atoms. The summed E-state index contributed by atoms with van der Waals surface area (Å²) in [5.41, 5.74) is 1.26. The topological polar surface area (TPSA) is 71.5 Å². The zero-order chi connectivity index (χ0) is 18.2. The second kappa shape index (κ2) is 8.82. The molecular formula is C19H23N3O3. The van der Waals surface area contributed by atoms with Crippen molar-refractivity contribution < 1.29 is 14.3 Å². The Balaban J connectivity index is 2.11. The molecular weight excluding hydrogens is 318 g/mol. The van der Waals surface area contributed by atoms with Crippen LogP contribution in [0, 0.1) is 0 Å². The lowest BCUT2D eigenvalue weighted by molar-refractivity contribution is 0.0787. The summed E-state index contributed by atoms with van der Waals surface area (Å²) in [6.07, 6.45) is 3.41. The molecule has 0 atom stereocenters. The Hall–Kier alpha value is -2.89. The highest BCUT2D eigenvalue weighted by molar-refractivity contribution is 6.05. The molecule has 6 heteroatoms. The second-order valence-corrected chi connectivity index (χ2v) is 5.70. The van der Waals surface area contributed by atoms with Crippen molar-refractivity contribution in [2.24, 2.45) is 0 Å². The van der Waals surface area contributed by atoms with Crippen LogP contribution in [0.25, 0.3) is 0 Å². The lowest BCUT2D eigenvalue weighted by Gasteiger charge is -2.16. The number of hydrogen-bond donors (Lipinski definition) is 1. The molecule has 1 heterocycles. The number of benzene rings is 1. The molecule has 1 aromatic heterocycles. The average molecular weight is 341 g/mol. The highest BCUT2D eigenvalue weighted by atomic mass is 16.5. The average Bonchev–Trinajstić information content (AvgIpc) is 2.65. The van der Waals surface area contributed by atoms with E-state index in [1.165, 1.54) is 12.3 Å². The number of carbonyl (C=O) groups is 2. The van der Waals surface area contributed by atoms with Crippen LogP contribution in [0.15, 0.2) is 42.6 Å². The van der Waals surface area contributed by atoms with Crippen molar-refractivity contribution in [1.82, 2.24) is 9.88 Å². The third-order valence-electron chi connectivity index (χ3n) is 3.76. The largest absolute Gasteiger partial charge is 0.497 e. The van der Waals surface area contributed by atoms with Gasteiger partial charge in [-0.2, -0.15) is 0 Å². The van der Waals surface area contributed by atoms with Crippen molar-refractivity contribution in [3.8, 4) is 5.75 Å². The summed E-state index contributed by atoms with van der Waals surface area (Å²) in [5.74, 6) is 0.159. The van der Waals surface area contributed by atoms with E-state index >= 15 is 0 Å². The van der Waals surface area contributed by atoms with Gasteiger partial charge in [0.15, 0.2) is 0 Å². The Morgan fingerprint density at radius 1 is 1.24 bits per heavy atom. The number of amides is 2. The molecule has 0 fully saturated rings. The highest BCUT2D eigenvalue weighted by Crippen LogP contribution is 2.17. The van der Waals surface area contributed by atoms with E-state index in [-0.39, 0.29) is 17.5 Å². The van der Waals surface area contributed by atoms with Gasteiger partial charge in [0.25, 0.3) is 11.8 Å². The molecule has 1 N–H and O–H groups in total. The number of anilines is 1. The minimum Gasteiger partial charge on any atom is -0.497 e. The van der Waals surface area contributed by atoms with Gasteiger partial charge < -0.3 is 15.0 Å². The maximum atomic E-state index is 12.4. The van der Waals surface area contributed by atoms with Gasteiger partial charge in [0.2, 0.25) is 0 Å². The van der Waals surface area contributed by atoms with E-state index in [0.29, 0.717) is 23.5 Å². The number of hydrogen-bond acceptors (Lipinski definition) is 4. The highest BCUT2D eigenvalue weighted by Gasteiger charge is 2.15. The summed E-state index contributed by atoms with van der Waals surface area (Å²) in [5, 5.41) is 2.79. The van der Waals surface area contributed by atoms with Gasteiger partial charge in [-0.3, -0.25) is 14.6 Å². The van der Waals surface area contributed by atoms with E-state index in [1.807, 2.05) is 0 Å². The fraction of sp³-hybridized carbons (Fsp3) is 0.316. The molecule has 0 aliphatic rings. The van der Waals surface area contributed by atoms with E-state index in [1.54, 1.807) is 49.4 Å². The number of nitrogens with one attached hydrogen (secondary N) is 1. The number of nitrogens with zero attached hydrogens (tertiary/aromatic N) is 2. The van der Waals surface area contributed by atoms with Gasteiger partial charge in [-0.1, -0.05) is 19.4 Å². The molecule has 0 radical (unpaired) electrons. The molecule has 132 valence electrons. The van der Waals surface area contributed by atoms with Crippen molar-refractivity contribution in [1.29, 1.82) is 0 Å². The smallest absolute Gasteiger partial charge is 0.272 e. The molecule has 6 nitrogen and oxygen atoms in total. The van der Waals surface area contributed by atoms with Gasteiger partial charge in [-0.15, -0.1) is 0 Å². The molecule has 0 aliphatic carbocycles. The van der Waals surface area contributed by atoms with E-state index in [0.717, 1.165) is 12.8 Å². The summed E-state index contributed by atoms with van der Waals surface area (Å²) in [4.78, 5) is 30.5. The predicted molar refractivity (Wildman–Crippen MR) is 97.1 cm³/mol. The summed E-state index contributed by atoms with van der Waals surface area (Å²) in [6, 6.07) is 10.2. The van der Waals surface area contributed by atoms with Crippen LogP contribution in [-0.2, 0) is 0 Å². The van der Waals surface area contributed by atoms with Crippen LogP contribution in [0.5, 0.6) is 5.75 Å². The maximum absolute atomic E-state index is 12.4. The fourth-order valence-electron chi connectivity index (χ4n) is 2.29. The van der Waals surface area contributed by atoms with E-state index in [4.69, 9.17) is 4.74 Å². The molecule has 1 aromatic carbocycles. The Kier molecular flexibility index (Phi) is 6.51. The standard InChI is InChI=1S/C19H23N3O3/c1-4-5-11-22(2)19(24)17-12-14(9-10-20-17)18(23)21-15-7-6-8-16(13-15)25-3/h6-10,12-13H,4-5,11H2,1-3H3,(H,21,23). The molecule has 0 aliphatic heterocycles. The van der Waals surface area contributed by atoms with Gasteiger partial charge in [0, 0.05) is 37.1 Å². The Labute approximate surface area is 147 Å². The predicted octanol–water partition coefficient (Wildman–Crippen LogP) is 3.21. The number of rotatable bonds is 7. The molecule has 0 saturated carbocycles. The van der Waals surface area contributed by atoms with E-state index < -0.39 is 0 Å². The molecule has 0 bridgehead atoms. The third-order valence-corrected chi connectivity index (χ3v) is 3.76. The van der Waals surface area contributed by atoms with Crippen molar-refractivity contribution in [2.75, 3.05) is 26.0 Å². The first-order chi connectivity index (χ1) is 12.0. The van der Waals surface area contributed by atoms with Crippen LogP contribution in [0.4, 0.5) is 5.69 Å². The molecule has 2 aromatic rings. The lowest BCUT2D eigenvalue weighted by Crippen LogP contribution is -2.28. The Morgan fingerprint density at radius 2 is 2.04 bits per heavy atom. The second-order valence-electron chi connectivity index (χ2n) is 5.70. The normalized spacial score (nSPS) is 10.2. The van der Waals surface area contributed by atoms with Gasteiger partial charge in [0.05, 0.1) is 7.11 Å². The zero-order valence-corrected chi connectivity index (χ0v) is 14.8. The zero-order valence-electron chi connectivity index (χ0n) is 14.8. The Morgan fingerprint density at radius 3 is 2.76 bits per heavy atom. The Bertz CT molecular complexity index is 746. The number of unbranched alkanes of at least 4 members (excludes halogenated alkanes) is 1. The number of methoxy groups -OCH3 is 1. The SMILES string of the molecule is CCCCN(C)C(=O)c1cc(C(=O)Nc2cccc(OC)c2)ccn1. The van der Waals surface area contributed by atoms with Crippen molar-refractivity contribution in [2.45, 2.75) is 19.8 Å². The monoisotopic (exact) mass is 341 g/mol. The number of pyridine rings is 1. The van der Waals surface area contributed by atoms with Crippen LogP contribution in [0.2, 0.25) is 0 Å². The quantitative estimate of drug-likeness (QED) is 0.839. The van der Waals surface area contributed by atoms with Gasteiger partial charge in [-0.25, -0.2) is 0 Å². The maximum Gasteiger partial charge on any atom is 0.272 e. The molecule has 0 unspecified atom stereocenters.